The number of rotatable bonds is 3. The third-order valence-electron chi connectivity index (χ3n) is 4.76. The van der Waals surface area contributed by atoms with Crippen molar-refractivity contribution < 1.29 is 0 Å². The van der Waals surface area contributed by atoms with Gasteiger partial charge in [0.25, 0.3) is 0 Å². The number of benzene rings is 1. The lowest BCUT2D eigenvalue weighted by Gasteiger charge is -2.12. The molecule has 0 saturated heterocycles. The molecule has 1 N–H and O–H groups in total. The summed E-state index contributed by atoms with van der Waals surface area (Å²) < 4.78 is 1.91. The monoisotopic (exact) mass is 354 g/mol. The summed E-state index contributed by atoms with van der Waals surface area (Å²) in [5.41, 5.74) is 6.48. The number of hydrogen-bond donors (Lipinski definition) is 1. The molecule has 0 atom stereocenters. The van der Waals surface area contributed by atoms with Crippen molar-refractivity contribution in [3.63, 3.8) is 0 Å². The summed E-state index contributed by atoms with van der Waals surface area (Å²) in [5, 5.41) is 4.51. The fourth-order valence-corrected chi connectivity index (χ4v) is 3.33. The molecule has 0 bridgehead atoms. The second kappa shape index (κ2) is 6.02. The quantitative estimate of drug-likeness (QED) is 0.509. The molecule has 132 valence electrons. The van der Waals surface area contributed by atoms with Gasteiger partial charge in [-0.1, -0.05) is 26.0 Å². The highest BCUT2D eigenvalue weighted by atomic mass is 15.1. The topological polar surface area (TPSA) is 68.0 Å². The van der Waals surface area contributed by atoms with E-state index < -0.39 is 0 Å². The molecule has 4 aromatic heterocycles. The number of nitrogens with one attached hydrogen (secondary N) is 1. The van der Waals surface area contributed by atoms with Crippen molar-refractivity contribution >= 4 is 39.1 Å². The van der Waals surface area contributed by atoms with E-state index in [0.29, 0.717) is 5.92 Å². The number of imidazole rings is 1. The Morgan fingerprint density at radius 2 is 1.89 bits per heavy atom. The van der Waals surface area contributed by atoms with Crippen LogP contribution in [0.15, 0.2) is 61.3 Å². The number of pyridine rings is 2. The summed E-state index contributed by atoms with van der Waals surface area (Å²) in [6.07, 6.45) is 7.07. The predicted molar refractivity (Wildman–Crippen MR) is 107 cm³/mol. The summed E-state index contributed by atoms with van der Waals surface area (Å²) >= 11 is 0. The fraction of sp³-hybridized carbons (Fsp3) is 0.143. The molecule has 6 heteroatoms. The molecule has 4 heterocycles. The molecule has 0 fully saturated rings. The van der Waals surface area contributed by atoms with Crippen LogP contribution in [0.5, 0.6) is 0 Å². The molecular weight excluding hydrogens is 336 g/mol. The van der Waals surface area contributed by atoms with Crippen LogP contribution >= 0.6 is 0 Å². The van der Waals surface area contributed by atoms with Crippen molar-refractivity contribution in [3.8, 4) is 0 Å². The van der Waals surface area contributed by atoms with Gasteiger partial charge >= 0.3 is 0 Å². The first kappa shape index (κ1) is 15.7. The summed E-state index contributed by atoms with van der Waals surface area (Å²) in [7, 11) is 0. The highest BCUT2D eigenvalue weighted by molar-refractivity contribution is 6.06. The smallest absolute Gasteiger partial charge is 0.168 e. The number of nitrogens with zero attached hydrogens (tertiary/aromatic N) is 5. The molecule has 0 unspecified atom stereocenters. The average molecular weight is 354 g/mol. The zero-order valence-corrected chi connectivity index (χ0v) is 15.1. The Kier molecular flexibility index (Phi) is 3.50. The van der Waals surface area contributed by atoms with Crippen LogP contribution in [0.25, 0.3) is 27.7 Å². The van der Waals surface area contributed by atoms with Crippen LogP contribution in [0, 0.1) is 0 Å². The first-order valence-corrected chi connectivity index (χ1v) is 8.93. The van der Waals surface area contributed by atoms with E-state index in [1.807, 2.05) is 22.7 Å². The Hall–Kier alpha value is -3.54. The molecular formula is C21H18N6. The van der Waals surface area contributed by atoms with E-state index in [1.165, 1.54) is 5.56 Å². The van der Waals surface area contributed by atoms with Gasteiger partial charge in [-0.3, -0.25) is 9.38 Å². The van der Waals surface area contributed by atoms with E-state index in [4.69, 9.17) is 9.97 Å². The molecule has 0 aliphatic heterocycles. The second-order valence-electron chi connectivity index (χ2n) is 6.88. The van der Waals surface area contributed by atoms with Crippen LogP contribution in [0.3, 0.4) is 0 Å². The van der Waals surface area contributed by atoms with Gasteiger partial charge in [0.2, 0.25) is 0 Å². The molecule has 0 radical (unpaired) electrons. The Morgan fingerprint density at radius 3 is 2.78 bits per heavy atom. The van der Waals surface area contributed by atoms with Crippen LogP contribution in [-0.2, 0) is 0 Å². The number of fused-ring (bicyclic) bond motifs is 4. The fourth-order valence-electron chi connectivity index (χ4n) is 3.33. The Morgan fingerprint density at radius 1 is 1.00 bits per heavy atom. The molecule has 1 aromatic carbocycles. The van der Waals surface area contributed by atoms with Crippen molar-refractivity contribution in [1.29, 1.82) is 0 Å². The standard InChI is InChI=1S/C21H18N6/c1-13(2)14-4-3-5-15(10-14)24-19-16-11-22-8-6-17(16)25-21-20(19)26-18-7-9-23-12-27(18)21/h3-13H,1-2H3,(H,24,25). The maximum absolute atomic E-state index is 4.79. The van der Waals surface area contributed by atoms with Gasteiger partial charge in [0.1, 0.15) is 17.5 Å². The SMILES string of the molecule is CC(C)c1cccc(Nc2c3cnccc3nc3c2nc2ccncn23)c1. The van der Waals surface area contributed by atoms with E-state index >= 15 is 0 Å². The first-order chi connectivity index (χ1) is 13.2. The number of hydrogen-bond acceptors (Lipinski definition) is 5. The van der Waals surface area contributed by atoms with Crippen molar-refractivity contribution in [2.45, 2.75) is 19.8 Å². The Balaban J connectivity index is 1.79. The van der Waals surface area contributed by atoms with Crippen LogP contribution in [-0.4, -0.2) is 24.3 Å². The van der Waals surface area contributed by atoms with E-state index in [0.717, 1.165) is 39.1 Å². The molecule has 6 nitrogen and oxygen atoms in total. The summed E-state index contributed by atoms with van der Waals surface area (Å²) in [6, 6.07) is 12.3. The van der Waals surface area contributed by atoms with Crippen LogP contribution in [0.1, 0.15) is 25.3 Å². The largest absolute Gasteiger partial charge is 0.353 e. The van der Waals surface area contributed by atoms with E-state index in [1.54, 1.807) is 18.7 Å². The third-order valence-corrected chi connectivity index (χ3v) is 4.76. The lowest BCUT2D eigenvalue weighted by molar-refractivity contribution is 0.867. The van der Waals surface area contributed by atoms with Crippen LogP contribution in [0.2, 0.25) is 0 Å². The minimum Gasteiger partial charge on any atom is -0.353 e. The minimum absolute atomic E-state index is 0.462. The van der Waals surface area contributed by atoms with Gasteiger partial charge in [-0.05, 0) is 35.7 Å². The molecule has 0 aliphatic rings. The molecule has 27 heavy (non-hydrogen) atoms. The zero-order valence-electron chi connectivity index (χ0n) is 15.1. The lowest BCUT2D eigenvalue weighted by atomic mass is 10.0. The summed E-state index contributed by atoms with van der Waals surface area (Å²) in [6.45, 7) is 4.39. The van der Waals surface area contributed by atoms with Gasteiger partial charge < -0.3 is 5.32 Å². The molecule has 0 amide bonds. The molecule has 0 spiro atoms. The maximum atomic E-state index is 4.79. The van der Waals surface area contributed by atoms with Crippen molar-refractivity contribution in [1.82, 2.24) is 24.3 Å². The van der Waals surface area contributed by atoms with E-state index in [-0.39, 0.29) is 0 Å². The average Bonchev–Trinajstić information content (AvgIpc) is 3.07. The molecule has 5 rings (SSSR count). The second-order valence-corrected chi connectivity index (χ2v) is 6.88. The summed E-state index contributed by atoms with van der Waals surface area (Å²) in [5.74, 6) is 0.462. The molecule has 5 aromatic rings. The van der Waals surface area contributed by atoms with Crippen LogP contribution in [0.4, 0.5) is 11.4 Å². The molecule has 0 aliphatic carbocycles. The third kappa shape index (κ3) is 2.57. The first-order valence-electron chi connectivity index (χ1n) is 8.93. The van der Waals surface area contributed by atoms with Crippen molar-refractivity contribution in [2.75, 3.05) is 5.32 Å². The van der Waals surface area contributed by atoms with Gasteiger partial charge in [-0.15, -0.1) is 0 Å². The van der Waals surface area contributed by atoms with Gasteiger partial charge in [0, 0.05) is 29.7 Å². The Bertz CT molecular complexity index is 1290. The van der Waals surface area contributed by atoms with Gasteiger partial charge in [0.05, 0.1) is 11.2 Å². The zero-order chi connectivity index (χ0) is 18.4. The molecule has 0 saturated carbocycles. The predicted octanol–water partition coefficient (Wildman–Crippen LogP) is 4.69. The summed E-state index contributed by atoms with van der Waals surface area (Å²) in [4.78, 5) is 18.1. The van der Waals surface area contributed by atoms with Gasteiger partial charge in [0.15, 0.2) is 5.65 Å². The Labute approximate surface area is 155 Å². The normalized spacial score (nSPS) is 11.7. The number of aromatic nitrogens is 5. The highest BCUT2D eigenvalue weighted by Crippen LogP contribution is 2.33. The lowest BCUT2D eigenvalue weighted by Crippen LogP contribution is -1.97. The van der Waals surface area contributed by atoms with Crippen molar-refractivity contribution in [3.05, 3.63) is 66.9 Å². The minimum atomic E-state index is 0.462. The maximum Gasteiger partial charge on any atom is 0.168 e. The van der Waals surface area contributed by atoms with Gasteiger partial charge in [-0.2, -0.15) is 0 Å². The van der Waals surface area contributed by atoms with E-state index in [2.05, 4.69) is 53.4 Å². The van der Waals surface area contributed by atoms with Crippen molar-refractivity contribution in [2.24, 2.45) is 0 Å². The van der Waals surface area contributed by atoms with Gasteiger partial charge in [-0.25, -0.2) is 15.0 Å². The van der Waals surface area contributed by atoms with E-state index in [9.17, 15) is 0 Å². The number of anilines is 2. The highest BCUT2D eigenvalue weighted by Gasteiger charge is 2.15. The van der Waals surface area contributed by atoms with Crippen LogP contribution < -0.4 is 5.32 Å².